The predicted molar refractivity (Wildman–Crippen MR) is 90.0 cm³/mol. The van der Waals surface area contributed by atoms with Crippen molar-refractivity contribution in [1.82, 2.24) is 10.2 Å². The van der Waals surface area contributed by atoms with E-state index >= 15 is 0 Å². The molecule has 3 heteroatoms. The van der Waals surface area contributed by atoms with Crippen molar-refractivity contribution in [3.63, 3.8) is 0 Å². The molecule has 1 fully saturated rings. The number of nitrogens with one attached hydrogen (secondary N) is 1. The number of hydrogen-bond acceptors (Lipinski definition) is 3. The lowest BCUT2D eigenvalue weighted by molar-refractivity contribution is 0.0271. The van der Waals surface area contributed by atoms with Crippen LogP contribution in [0.2, 0.25) is 0 Å². The van der Waals surface area contributed by atoms with Crippen LogP contribution in [-0.2, 0) is 6.42 Å². The zero-order valence-electron chi connectivity index (χ0n) is 13.7. The lowest BCUT2D eigenvalue weighted by Gasteiger charge is -2.37. The highest BCUT2D eigenvalue weighted by Gasteiger charge is 2.41. The second kappa shape index (κ2) is 5.31. The molecule has 1 aromatic carbocycles. The van der Waals surface area contributed by atoms with Crippen LogP contribution in [0.1, 0.15) is 37.3 Å². The van der Waals surface area contributed by atoms with Crippen molar-refractivity contribution in [2.24, 2.45) is 5.92 Å². The predicted octanol–water partition coefficient (Wildman–Crippen LogP) is 3.06. The van der Waals surface area contributed by atoms with Gasteiger partial charge >= 0.3 is 0 Å². The Kier molecular flexibility index (Phi) is 3.41. The second-order valence-electron chi connectivity index (χ2n) is 7.43. The van der Waals surface area contributed by atoms with Crippen LogP contribution in [-0.4, -0.2) is 37.2 Å². The maximum Gasteiger partial charge on any atom is 0.124 e. The monoisotopic (exact) mass is 298 g/mol. The lowest BCUT2D eigenvalue weighted by Crippen LogP contribution is -2.45. The van der Waals surface area contributed by atoms with E-state index in [2.05, 4.69) is 48.5 Å². The maximum atomic E-state index is 6.45. The molecule has 1 N–H and O–H groups in total. The van der Waals surface area contributed by atoms with Crippen LogP contribution in [0.25, 0.3) is 5.70 Å². The fourth-order valence-corrected chi connectivity index (χ4v) is 3.86. The number of hydrogen-bond donors (Lipinski definition) is 1. The Labute approximate surface area is 133 Å². The summed E-state index contributed by atoms with van der Waals surface area (Å²) < 4.78 is 6.45. The summed E-state index contributed by atoms with van der Waals surface area (Å²) in [6.07, 6.45) is 6.87. The third-order valence-electron chi connectivity index (χ3n) is 5.48. The summed E-state index contributed by atoms with van der Waals surface area (Å²) in [5.41, 5.74) is 4.00. The molecule has 3 nitrogen and oxygen atoms in total. The molecule has 3 aliphatic heterocycles. The molecule has 4 rings (SSSR count). The van der Waals surface area contributed by atoms with Gasteiger partial charge in [0.2, 0.25) is 0 Å². The molecule has 0 amide bonds. The third-order valence-corrected chi connectivity index (χ3v) is 5.48. The van der Waals surface area contributed by atoms with Crippen molar-refractivity contribution >= 4 is 5.70 Å². The van der Waals surface area contributed by atoms with Gasteiger partial charge in [-0.1, -0.05) is 25.1 Å². The van der Waals surface area contributed by atoms with Crippen LogP contribution in [0.5, 0.6) is 5.75 Å². The summed E-state index contributed by atoms with van der Waals surface area (Å²) >= 11 is 0. The van der Waals surface area contributed by atoms with E-state index in [4.69, 9.17) is 4.74 Å². The lowest BCUT2D eigenvalue weighted by atomic mass is 9.87. The molecule has 118 valence electrons. The van der Waals surface area contributed by atoms with Crippen molar-refractivity contribution < 1.29 is 4.74 Å². The number of ether oxygens (including phenoxy) is 1. The minimum Gasteiger partial charge on any atom is -0.487 e. The zero-order valence-corrected chi connectivity index (χ0v) is 13.7. The molecule has 1 spiro atoms. The summed E-state index contributed by atoms with van der Waals surface area (Å²) in [5, 5.41) is 3.55. The van der Waals surface area contributed by atoms with E-state index in [1.54, 1.807) is 0 Å². The molecule has 3 aliphatic rings. The summed E-state index contributed by atoms with van der Waals surface area (Å²) in [6, 6.07) is 6.78. The number of piperidine rings is 1. The van der Waals surface area contributed by atoms with Gasteiger partial charge in [0, 0.05) is 50.2 Å². The normalized spacial score (nSPS) is 27.0. The highest BCUT2D eigenvalue weighted by atomic mass is 16.5. The SMILES string of the molecule is C[C@H]1CC=C(c2ccc3c(c2)OC2(CCN(C)CC2)C3)NC1. The molecule has 0 aliphatic carbocycles. The molecule has 1 aromatic rings. The van der Waals surface area contributed by atoms with Gasteiger partial charge in [-0.3, -0.25) is 0 Å². The van der Waals surface area contributed by atoms with Gasteiger partial charge in [-0.2, -0.15) is 0 Å². The number of nitrogens with zero attached hydrogens (tertiary/aromatic N) is 1. The third kappa shape index (κ3) is 2.52. The van der Waals surface area contributed by atoms with E-state index in [1.807, 2.05) is 0 Å². The van der Waals surface area contributed by atoms with Gasteiger partial charge in [0.15, 0.2) is 0 Å². The van der Waals surface area contributed by atoms with Crippen LogP contribution < -0.4 is 10.1 Å². The van der Waals surface area contributed by atoms with Crippen LogP contribution in [0.15, 0.2) is 24.3 Å². The number of allylic oxidation sites excluding steroid dienone is 1. The first-order valence-corrected chi connectivity index (χ1v) is 8.58. The van der Waals surface area contributed by atoms with Crippen molar-refractivity contribution in [3.8, 4) is 5.75 Å². The topological polar surface area (TPSA) is 24.5 Å². The second-order valence-corrected chi connectivity index (χ2v) is 7.43. The van der Waals surface area contributed by atoms with Gasteiger partial charge in [0.25, 0.3) is 0 Å². The quantitative estimate of drug-likeness (QED) is 0.862. The first-order valence-electron chi connectivity index (χ1n) is 8.58. The highest BCUT2D eigenvalue weighted by Crippen LogP contribution is 2.42. The molecule has 0 bridgehead atoms. The molecule has 1 saturated heterocycles. The minimum atomic E-state index is 0.0658. The number of benzene rings is 1. The fraction of sp³-hybridized carbons (Fsp3) is 0.579. The Morgan fingerprint density at radius 3 is 2.82 bits per heavy atom. The molecule has 1 atom stereocenters. The van der Waals surface area contributed by atoms with Gasteiger partial charge < -0.3 is 15.0 Å². The van der Waals surface area contributed by atoms with Crippen molar-refractivity contribution in [2.75, 3.05) is 26.7 Å². The first-order chi connectivity index (χ1) is 10.6. The van der Waals surface area contributed by atoms with Gasteiger partial charge in [-0.15, -0.1) is 0 Å². The Morgan fingerprint density at radius 1 is 1.27 bits per heavy atom. The van der Waals surface area contributed by atoms with Gasteiger partial charge in [-0.25, -0.2) is 0 Å². The number of likely N-dealkylation sites (tertiary alicyclic amines) is 1. The van der Waals surface area contributed by atoms with Crippen LogP contribution in [0.3, 0.4) is 0 Å². The number of rotatable bonds is 1. The van der Waals surface area contributed by atoms with E-state index in [1.165, 1.54) is 16.8 Å². The zero-order chi connectivity index (χ0) is 15.2. The van der Waals surface area contributed by atoms with Gasteiger partial charge in [0.1, 0.15) is 11.4 Å². The van der Waals surface area contributed by atoms with Gasteiger partial charge in [-0.05, 0) is 31.0 Å². The van der Waals surface area contributed by atoms with E-state index in [9.17, 15) is 0 Å². The van der Waals surface area contributed by atoms with E-state index in [-0.39, 0.29) is 5.60 Å². The summed E-state index contributed by atoms with van der Waals surface area (Å²) in [7, 11) is 2.20. The molecular weight excluding hydrogens is 272 g/mol. The average molecular weight is 298 g/mol. The van der Waals surface area contributed by atoms with Gasteiger partial charge in [0.05, 0.1) is 0 Å². The average Bonchev–Trinajstić information content (AvgIpc) is 2.88. The largest absolute Gasteiger partial charge is 0.487 e. The Hall–Kier alpha value is -1.48. The summed E-state index contributed by atoms with van der Waals surface area (Å²) in [4.78, 5) is 2.40. The highest BCUT2D eigenvalue weighted by molar-refractivity contribution is 5.67. The van der Waals surface area contributed by atoms with Crippen LogP contribution in [0.4, 0.5) is 0 Å². The molecule has 0 saturated carbocycles. The fourth-order valence-electron chi connectivity index (χ4n) is 3.86. The summed E-state index contributed by atoms with van der Waals surface area (Å²) in [5.74, 6) is 1.85. The van der Waals surface area contributed by atoms with E-state index in [0.29, 0.717) is 0 Å². The summed E-state index contributed by atoms with van der Waals surface area (Å²) in [6.45, 7) is 5.65. The van der Waals surface area contributed by atoms with E-state index < -0.39 is 0 Å². The smallest absolute Gasteiger partial charge is 0.124 e. The van der Waals surface area contributed by atoms with E-state index in [0.717, 1.165) is 57.0 Å². The Bertz CT molecular complexity index is 599. The first kappa shape index (κ1) is 14.1. The van der Waals surface area contributed by atoms with Crippen LogP contribution in [0, 0.1) is 5.92 Å². The molecule has 0 radical (unpaired) electrons. The van der Waals surface area contributed by atoms with Crippen molar-refractivity contribution in [2.45, 2.75) is 38.2 Å². The number of fused-ring (bicyclic) bond motifs is 1. The minimum absolute atomic E-state index is 0.0658. The molecule has 0 unspecified atom stereocenters. The molecule has 3 heterocycles. The Morgan fingerprint density at radius 2 is 2.09 bits per heavy atom. The standard InChI is InChI=1S/C19H26N2O/c1-14-3-6-17(20-13-14)15-4-5-16-12-19(22-18(16)11-15)7-9-21(2)10-8-19/h4-6,11,14,20H,3,7-10,12-13H2,1-2H3/t14-/m0/s1. The molecular formula is C19H26N2O. The maximum absolute atomic E-state index is 6.45. The molecule has 0 aromatic heterocycles. The van der Waals surface area contributed by atoms with Crippen molar-refractivity contribution in [3.05, 3.63) is 35.4 Å². The Balaban J connectivity index is 1.55. The molecule has 22 heavy (non-hydrogen) atoms. The van der Waals surface area contributed by atoms with Crippen LogP contribution >= 0.6 is 0 Å². The van der Waals surface area contributed by atoms with Crippen molar-refractivity contribution in [1.29, 1.82) is 0 Å².